The zero-order chi connectivity index (χ0) is 9.80. The molecule has 0 aromatic heterocycles. The van der Waals surface area contributed by atoms with Gasteiger partial charge in [-0.05, 0) is 30.7 Å². The van der Waals surface area contributed by atoms with E-state index < -0.39 is 0 Å². The van der Waals surface area contributed by atoms with Gasteiger partial charge in [0.1, 0.15) is 0 Å². The summed E-state index contributed by atoms with van der Waals surface area (Å²) in [6.07, 6.45) is 8.27. The summed E-state index contributed by atoms with van der Waals surface area (Å²) in [7, 11) is 0. The molecule has 74 valence electrons. The van der Waals surface area contributed by atoms with Crippen LogP contribution in [0.25, 0.3) is 0 Å². The molecular weight excluding hydrogens is 170 g/mol. The van der Waals surface area contributed by atoms with Gasteiger partial charge >= 0.3 is 0 Å². The molecule has 1 aromatic carbocycles. The van der Waals surface area contributed by atoms with Crippen molar-refractivity contribution >= 4 is 0 Å². The van der Waals surface area contributed by atoms with E-state index in [4.69, 9.17) is 5.73 Å². The molecule has 0 aliphatic heterocycles. The summed E-state index contributed by atoms with van der Waals surface area (Å²) >= 11 is 0. The predicted octanol–water partition coefficient (Wildman–Crippen LogP) is 3.04. The molecule has 14 heavy (non-hydrogen) atoms. The molecule has 0 heterocycles. The fraction of sp³-hybridized carbons (Fsp3) is 0.385. The van der Waals surface area contributed by atoms with Gasteiger partial charge in [0.05, 0.1) is 0 Å². The number of benzene rings is 1. The van der Waals surface area contributed by atoms with Crippen LogP contribution < -0.4 is 5.73 Å². The maximum Gasteiger partial charge on any atom is 0.0358 e. The minimum atomic E-state index is 0.174. The number of hydrogen-bond donors (Lipinski definition) is 1. The van der Waals surface area contributed by atoms with Crippen molar-refractivity contribution in [1.29, 1.82) is 0 Å². The van der Waals surface area contributed by atoms with Crippen molar-refractivity contribution in [3.8, 4) is 0 Å². The lowest BCUT2D eigenvalue weighted by Gasteiger charge is -2.23. The Labute approximate surface area is 85.6 Å². The molecule has 2 rings (SSSR count). The third-order valence-electron chi connectivity index (χ3n) is 2.94. The van der Waals surface area contributed by atoms with Crippen LogP contribution in [0.3, 0.4) is 0 Å². The van der Waals surface area contributed by atoms with E-state index in [1.54, 1.807) is 0 Å². The number of hydrogen-bond acceptors (Lipinski definition) is 1. The normalized spacial score (nSPS) is 23.4. The Balaban J connectivity index is 2.11. The molecule has 1 nitrogen and oxygen atoms in total. The second-order valence-electron chi connectivity index (χ2n) is 3.96. The maximum absolute atomic E-state index is 6.22. The van der Waals surface area contributed by atoms with Crippen molar-refractivity contribution in [3.05, 3.63) is 48.0 Å². The van der Waals surface area contributed by atoms with Gasteiger partial charge in [0.15, 0.2) is 0 Å². The zero-order valence-electron chi connectivity index (χ0n) is 8.39. The van der Waals surface area contributed by atoms with Gasteiger partial charge in [0.2, 0.25) is 0 Å². The summed E-state index contributed by atoms with van der Waals surface area (Å²) in [5.74, 6) is 0.533. The van der Waals surface area contributed by atoms with Gasteiger partial charge in [0.25, 0.3) is 0 Å². The molecule has 0 spiro atoms. The Kier molecular flexibility index (Phi) is 3.00. The average molecular weight is 187 g/mol. The Morgan fingerprint density at radius 2 is 2.00 bits per heavy atom. The molecule has 1 aromatic rings. The minimum Gasteiger partial charge on any atom is -0.323 e. The molecule has 0 radical (unpaired) electrons. The van der Waals surface area contributed by atoms with Crippen molar-refractivity contribution in [3.63, 3.8) is 0 Å². The Morgan fingerprint density at radius 3 is 2.64 bits per heavy atom. The lowest BCUT2D eigenvalue weighted by atomic mass is 9.86. The van der Waals surface area contributed by atoms with Gasteiger partial charge in [0, 0.05) is 6.04 Å². The van der Waals surface area contributed by atoms with Crippen molar-refractivity contribution in [2.75, 3.05) is 0 Å². The van der Waals surface area contributed by atoms with Crippen molar-refractivity contribution < 1.29 is 0 Å². The first-order chi connectivity index (χ1) is 6.88. The first-order valence-corrected chi connectivity index (χ1v) is 5.35. The first kappa shape index (κ1) is 9.47. The molecule has 0 saturated heterocycles. The molecule has 0 fully saturated rings. The van der Waals surface area contributed by atoms with Crippen LogP contribution in [0.4, 0.5) is 0 Å². The van der Waals surface area contributed by atoms with Crippen LogP contribution in [0.5, 0.6) is 0 Å². The van der Waals surface area contributed by atoms with Gasteiger partial charge in [-0.3, -0.25) is 0 Å². The Hall–Kier alpha value is -1.08. The largest absolute Gasteiger partial charge is 0.323 e. The highest BCUT2D eigenvalue weighted by atomic mass is 14.6. The third kappa shape index (κ3) is 2.05. The highest BCUT2D eigenvalue weighted by molar-refractivity contribution is 5.20. The quantitative estimate of drug-likeness (QED) is 0.707. The standard InChI is InChI=1S/C13H17N/c14-13(11-7-3-1-4-8-11)12-9-5-2-6-10-12/h1,3-5,7-9,12-13H,2,6,10,14H2/t12-,13-/m0/s1. The van der Waals surface area contributed by atoms with Gasteiger partial charge in [-0.25, -0.2) is 0 Å². The van der Waals surface area contributed by atoms with E-state index in [2.05, 4.69) is 36.4 Å². The van der Waals surface area contributed by atoms with Gasteiger partial charge in [-0.1, -0.05) is 42.5 Å². The van der Waals surface area contributed by atoms with Gasteiger partial charge in [-0.15, -0.1) is 0 Å². The summed E-state index contributed by atoms with van der Waals surface area (Å²) in [6.45, 7) is 0. The van der Waals surface area contributed by atoms with E-state index in [1.165, 1.54) is 24.8 Å². The molecule has 0 bridgehead atoms. The molecule has 0 saturated carbocycles. The van der Waals surface area contributed by atoms with Crippen LogP contribution in [0.2, 0.25) is 0 Å². The van der Waals surface area contributed by atoms with E-state index >= 15 is 0 Å². The number of nitrogens with two attached hydrogens (primary N) is 1. The van der Waals surface area contributed by atoms with E-state index in [0.717, 1.165) is 0 Å². The van der Waals surface area contributed by atoms with Crippen LogP contribution in [0.15, 0.2) is 42.5 Å². The highest BCUT2D eigenvalue weighted by Crippen LogP contribution is 2.28. The molecule has 0 amide bonds. The zero-order valence-corrected chi connectivity index (χ0v) is 8.39. The second-order valence-corrected chi connectivity index (χ2v) is 3.96. The fourth-order valence-electron chi connectivity index (χ4n) is 2.06. The number of rotatable bonds is 2. The van der Waals surface area contributed by atoms with E-state index in [-0.39, 0.29) is 6.04 Å². The van der Waals surface area contributed by atoms with Crippen molar-refractivity contribution in [1.82, 2.24) is 0 Å². The third-order valence-corrected chi connectivity index (χ3v) is 2.94. The summed E-state index contributed by atoms with van der Waals surface area (Å²) < 4.78 is 0. The summed E-state index contributed by atoms with van der Waals surface area (Å²) in [6, 6.07) is 10.6. The maximum atomic E-state index is 6.22. The van der Waals surface area contributed by atoms with E-state index in [0.29, 0.717) is 5.92 Å². The molecule has 2 atom stereocenters. The lowest BCUT2D eigenvalue weighted by Crippen LogP contribution is -2.21. The van der Waals surface area contributed by atoms with Crippen LogP contribution in [-0.4, -0.2) is 0 Å². The molecule has 1 aliphatic carbocycles. The van der Waals surface area contributed by atoms with Gasteiger partial charge in [-0.2, -0.15) is 0 Å². The average Bonchev–Trinajstić information content (AvgIpc) is 2.30. The SMILES string of the molecule is N[C@@H](c1ccccc1)[C@H]1C=CCCC1. The smallest absolute Gasteiger partial charge is 0.0358 e. The lowest BCUT2D eigenvalue weighted by molar-refractivity contribution is 0.456. The van der Waals surface area contributed by atoms with Crippen molar-refractivity contribution in [2.24, 2.45) is 11.7 Å². The summed E-state index contributed by atoms with van der Waals surface area (Å²) in [5, 5.41) is 0. The highest BCUT2D eigenvalue weighted by Gasteiger charge is 2.17. The topological polar surface area (TPSA) is 26.0 Å². The molecule has 0 unspecified atom stereocenters. The Morgan fingerprint density at radius 1 is 1.21 bits per heavy atom. The first-order valence-electron chi connectivity index (χ1n) is 5.35. The van der Waals surface area contributed by atoms with Crippen LogP contribution >= 0.6 is 0 Å². The number of allylic oxidation sites excluding steroid dienone is 1. The van der Waals surface area contributed by atoms with E-state index in [9.17, 15) is 0 Å². The van der Waals surface area contributed by atoms with Gasteiger partial charge < -0.3 is 5.73 Å². The van der Waals surface area contributed by atoms with Crippen LogP contribution in [0.1, 0.15) is 30.9 Å². The summed E-state index contributed by atoms with van der Waals surface area (Å²) in [4.78, 5) is 0. The fourth-order valence-corrected chi connectivity index (χ4v) is 2.06. The second kappa shape index (κ2) is 4.43. The molecule has 2 N–H and O–H groups in total. The summed E-state index contributed by atoms with van der Waals surface area (Å²) in [5.41, 5.74) is 7.47. The van der Waals surface area contributed by atoms with Crippen LogP contribution in [0, 0.1) is 5.92 Å². The molecule has 1 heteroatoms. The molecule has 1 aliphatic rings. The monoisotopic (exact) mass is 187 g/mol. The minimum absolute atomic E-state index is 0.174. The Bertz CT molecular complexity index is 302. The van der Waals surface area contributed by atoms with Crippen LogP contribution in [-0.2, 0) is 0 Å². The van der Waals surface area contributed by atoms with Crippen molar-refractivity contribution in [2.45, 2.75) is 25.3 Å². The predicted molar refractivity (Wildman–Crippen MR) is 59.9 cm³/mol. The molecular formula is C13H17N. The van der Waals surface area contributed by atoms with E-state index in [1.807, 2.05) is 6.07 Å².